The molecule has 1 fully saturated rings. The van der Waals surface area contributed by atoms with E-state index in [0.29, 0.717) is 27.3 Å². The van der Waals surface area contributed by atoms with Crippen molar-refractivity contribution in [2.75, 3.05) is 13.1 Å². The van der Waals surface area contributed by atoms with Gasteiger partial charge in [0.15, 0.2) is 0 Å². The molecule has 0 bridgehead atoms. The lowest BCUT2D eigenvalue weighted by molar-refractivity contribution is -0.110. The Balaban J connectivity index is 2.08. The third kappa shape index (κ3) is 2.32. The van der Waals surface area contributed by atoms with Gasteiger partial charge in [0.1, 0.15) is 9.94 Å². The fourth-order valence-electron chi connectivity index (χ4n) is 1.78. The van der Waals surface area contributed by atoms with Gasteiger partial charge in [-0.15, -0.1) is 11.3 Å². The lowest BCUT2D eigenvalue weighted by Gasteiger charge is -2.49. The van der Waals surface area contributed by atoms with Crippen LogP contribution in [0.1, 0.15) is 24.2 Å². The van der Waals surface area contributed by atoms with Crippen LogP contribution in [0, 0.1) is 5.92 Å². The molecule has 6 heteroatoms. The van der Waals surface area contributed by atoms with E-state index in [2.05, 4.69) is 0 Å². The van der Waals surface area contributed by atoms with Crippen molar-refractivity contribution in [3.8, 4) is 0 Å². The molecule has 1 N–H and O–H groups in total. The second kappa shape index (κ2) is 4.43. The highest BCUT2D eigenvalue weighted by Crippen LogP contribution is 2.35. The van der Waals surface area contributed by atoms with Gasteiger partial charge in [-0.3, -0.25) is 4.79 Å². The van der Waals surface area contributed by atoms with E-state index in [9.17, 15) is 9.90 Å². The van der Waals surface area contributed by atoms with Crippen molar-refractivity contribution in [1.82, 2.24) is 4.90 Å². The standard InChI is InChI=1S/C11H13Cl2NO2S/c1-6(2)11(16)4-14(5-11)10(15)7-3-8(12)17-9(7)13/h3,6,16H,4-5H2,1-2H3. The molecule has 1 aromatic heterocycles. The molecule has 1 saturated heterocycles. The number of β-amino-alcohol motifs (C(OH)–C–C–N with tert-alkyl or cyclic N) is 1. The monoisotopic (exact) mass is 293 g/mol. The van der Waals surface area contributed by atoms with Gasteiger partial charge in [-0.2, -0.15) is 0 Å². The van der Waals surface area contributed by atoms with Crippen LogP contribution in [0.2, 0.25) is 8.67 Å². The molecule has 2 heterocycles. The number of nitrogens with zero attached hydrogens (tertiary/aromatic N) is 1. The summed E-state index contributed by atoms with van der Waals surface area (Å²) in [6.07, 6.45) is 0. The quantitative estimate of drug-likeness (QED) is 0.911. The van der Waals surface area contributed by atoms with Crippen molar-refractivity contribution in [2.45, 2.75) is 19.4 Å². The summed E-state index contributed by atoms with van der Waals surface area (Å²) in [5.41, 5.74) is -0.338. The number of thiophene rings is 1. The molecule has 17 heavy (non-hydrogen) atoms. The van der Waals surface area contributed by atoms with Gasteiger partial charge in [0.05, 0.1) is 23.0 Å². The van der Waals surface area contributed by atoms with Crippen molar-refractivity contribution in [3.05, 3.63) is 20.3 Å². The molecule has 0 aliphatic carbocycles. The van der Waals surface area contributed by atoms with Crippen molar-refractivity contribution >= 4 is 40.4 Å². The molecule has 0 atom stereocenters. The van der Waals surface area contributed by atoms with Crippen molar-refractivity contribution in [1.29, 1.82) is 0 Å². The molecular weight excluding hydrogens is 281 g/mol. The Hall–Kier alpha value is -0.290. The molecule has 0 radical (unpaired) electrons. The summed E-state index contributed by atoms with van der Waals surface area (Å²) in [7, 11) is 0. The minimum Gasteiger partial charge on any atom is -0.386 e. The van der Waals surface area contributed by atoms with Gasteiger partial charge in [-0.05, 0) is 12.0 Å². The van der Waals surface area contributed by atoms with Crippen LogP contribution in [0.5, 0.6) is 0 Å². The highest BCUT2D eigenvalue weighted by Gasteiger charge is 2.46. The zero-order chi connectivity index (χ0) is 12.8. The molecule has 1 amide bonds. The Morgan fingerprint density at radius 1 is 1.53 bits per heavy atom. The minimum atomic E-state index is -0.762. The molecule has 94 valence electrons. The Morgan fingerprint density at radius 3 is 2.53 bits per heavy atom. The molecule has 1 aliphatic rings. The summed E-state index contributed by atoms with van der Waals surface area (Å²) < 4.78 is 0.901. The van der Waals surface area contributed by atoms with Crippen LogP contribution < -0.4 is 0 Å². The maximum Gasteiger partial charge on any atom is 0.256 e. The highest BCUT2D eigenvalue weighted by atomic mass is 35.5. The van der Waals surface area contributed by atoms with Crippen molar-refractivity contribution < 1.29 is 9.90 Å². The normalized spacial score (nSPS) is 18.4. The number of hydrogen-bond acceptors (Lipinski definition) is 3. The topological polar surface area (TPSA) is 40.5 Å². The number of halogens is 2. The lowest BCUT2D eigenvalue weighted by Crippen LogP contribution is -2.65. The predicted octanol–water partition coefficient (Wildman–Crippen LogP) is 2.90. The van der Waals surface area contributed by atoms with Crippen LogP contribution in [0.25, 0.3) is 0 Å². The van der Waals surface area contributed by atoms with Gasteiger partial charge in [0.2, 0.25) is 0 Å². The van der Waals surface area contributed by atoms with E-state index < -0.39 is 5.60 Å². The van der Waals surface area contributed by atoms with Gasteiger partial charge in [0, 0.05) is 0 Å². The van der Waals surface area contributed by atoms with Crippen LogP contribution in [0.3, 0.4) is 0 Å². The van der Waals surface area contributed by atoms with Crippen LogP contribution in [-0.2, 0) is 0 Å². The number of likely N-dealkylation sites (tertiary alicyclic amines) is 1. The fourth-order valence-corrected chi connectivity index (χ4v) is 3.23. The lowest BCUT2D eigenvalue weighted by atomic mass is 9.83. The highest BCUT2D eigenvalue weighted by molar-refractivity contribution is 7.20. The van der Waals surface area contributed by atoms with Crippen LogP contribution >= 0.6 is 34.5 Å². The second-order valence-corrected chi connectivity index (χ2v) is 6.94. The van der Waals surface area contributed by atoms with E-state index in [1.165, 1.54) is 11.3 Å². The molecule has 1 aromatic rings. The molecular formula is C11H13Cl2NO2S. The number of rotatable bonds is 2. The third-order valence-electron chi connectivity index (χ3n) is 3.18. The van der Waals surface area contributed by atoms with E-state index in [1.54, 1.807) is 11.0 Å². The third-order valence-corrected chi connectivity index (χ3v) is 4.67. The molecule has 0 unspecified atom stereocenters. The van der Waals surface area contributed by atoms with Gasteiger partial charge in [-0.25, -0.2) is 0 Å². The Labute approximate surface area is 114 Å². The summed E-state index contributed by atoms with van der Waals surface area (Å²) in [6, 6.07) is 1.57. The molecule has 3 nitrogen and oxygen atoms in total. The van der Waals surface area contributed by atoms with Gasteiger partial charge < -0.3 is 10.0 Å². The van der Waals surface area contributed by atoms with Crippen LogP contribution in [0.4, 0.5) is 0 Å². The average Bonchev–Trinajstić information content (AvgIpc) is 2.51. The number of carbonyl (C=O) groups is 1. The van der Waals surface area contributed by atoms with Crippen molar-refractivity contribution in [2.24, 2.45) is 5.92 Å². The summed E-state index contributed by atoms with van der Waals surface area (Å²) in [6.45, 7) is 4.59. The molecule has 0 spiro atoms. The van der Waals surface area contributed by atoms with Gasteiger partial charge in [0.25, 0.3) is 5.91 Å². The summed E-state index contributed by atoms with van der Waals surface area (Å²) in [5, 5.41) is 10.1. The zero-order valence-electron chi connectivity index (χ0n) is 9.54. The first kappa shape index (κ1) is 13.1. The summed E-state index contributed by atoms with van der Waals surface area (Å²) >= 11 is 12.9. The fraction of sp³-hybridized carbons (Fsp3) is 0.545. The number of amides is 1. The smallest absolute Gasteiger partial charge is 0.256 e. The zero-order valence-corrected chi connectivity index (χ0v) is 11.9. The first-order chi connectivity index (χ1) is 7.83. The Morgan fingerprint density at radius 2 is 2.12 bits per heavy atom. The predicted molar refractivity (Wildman–Crippen MR) is 70.0 cm³/mol. The maximum absolute atomic E-state index is 12.0. The maximum atomic E-state index is 12.0. The van der Waals surface area contributed by atoms with Crippen molar-refractivity contribution in [3.63, 3.8) is 0 Å². The number of carbonyl (C=O) groups excluding carboxylic acids is 1. The molecule has 1 aliphatic heterocycles. The molecule has 0 aromatic carbocycles. The van der Waals surface area contributed by atoms with E-state index in [-0.39, 0.29) is 11.8 Å². The average molecular weight is 294 g/mol. The van der Waals surface area contributed by atoms with E-state index in [4.69, 9.17) is 23.2 Å². The summed E-state index contributed by atoms with van der Waals surface area (Å²) in [5.74, 6) is -0.0310. The largest absolute Gasteiger partial charge is 0.386 e. The van der Waals surface area contributed by atoms with E-state index in [0.717, 1.165) is 0 Å². The summed E-state index contributed by atoms with van der Waals surface area (Å²) in [4.78, 5) is 13.6. The van der Waals surface area contributed by atoms with Gasteiger partial charge >= 0.3 is 0 Å². The Kier molecular flexibility index (Phi) is 3.42. The van der Waals surface area contributed by atoms with Crippen LogP contribution in [-0.4, -0.2) is 34.6 Å². The number of hydrogen-bond donors (Lipinski definition) is 1. The number of aliphatic hydroxyl groups is 1. The van der Waals surface area contributed by atoms with E-state index >= 15 is 0 Å². The van der Waals surface area contributed by atoms with Crippen LogP contribution in [0.15, 0.2) is 6.07 Å². The first-order valence-corrected chi connectivity index (χ1v) is 6.87. The first-order valence-electron chi connectivity index (χ1n) is 5.30. The van der Waals surface area contributed by atoms with E-state index in [1.807, 2.05) is 13.8 Å². The molecule has 0 saturated carbocycles. The SMILES string of the molecule is CC(C)C1(O)CN(C(=O)c2cc(Cl)sc2Cl)C1. The second-order valence-electron chi connectivity index (χ2n) is 4.66. The minimum absolute atomic E-state index is 0.132. The van der Waals surface area contributed by atoms with Gasteiger partial charge in [-0.1, -0.05) is 37.0 Å². The molecule has 2 rings (SSSR count). The Bertz CT molecular complexity index is 452.